The summed E-state index contributed by atoms with van der Waals surface area (Å²) in [7, 11) is -3.78. The molecule has 1 saturated heterocycles. The summed E-state index contributed by atoms with van der Waals surface area (Å²) >= 11 is 0. The molecule has 2 aliphatic heterocycles. The van der Waals surface area contributed by atoms with Crippen LogP contribution >= 0.6 is 0 Å². The Morgan fingerprint density at radius 3 is 2.96 bits per heavy atom. The zero-order valence-electron chi connectivity index (χ0n) is 14.6. The maximum Gasteiger partial charge on any atom is 0.344 e. The number of rotatable bonds is 4. The molecular formula is C17H24N4O4S. The van der Waals surface area contributed by atoms with Gasteiger partial charge >= 0.3 is 10.2 Å². The summed E-state index contributed by atoms with van der Waals surface area (Å²) in [6, 6.07) is 0. The van der Waals surface area contributed by atoms with Gasteiger partial charge in [0.05, 0.1) is 18.4 Å². The summed E-state index contributed by atoms with van der Waals surface area (Å²) in [5.74, 6) is 0.817. The molecule has 3 N–H and O–H groups in total. The van der Waals surface area contributed by atoms with Crippen molar-refractivity contribution in [1.82, 2.24) is 9.62 Å². The molecule has 0 bridgehead atoms. The first kappa shape index (κ1) is 17.5. The topological polar surface area (TPSA) is 114 Å². The number of hydrogen-bond donors (Lipinski definition) is 2. The van der Waals surface area contributed by atoms with Crippen LogP contribution in [0.3, 0.4) is 0 Å². The van der Waals surface area contributed by atoms with Crippen LogP contribution in [0.15, 0.2) is 27.8 Å². The molecule has 4 rings (SSSR count). The van der Waals surface area contributed by atoms with E-state index in [-0.39, 0.29) is 17.9 Å². The Kier molecular flexibility index (Phi) is 4.52. The van der Waals surface area contributed by atoms with Crippen LogP contribution < -0.4 is 10.5 Å². The molecule has 26 heavy (non-hydrogen) atoms. The minimum Gasteiger partial charge on any atom is -0.383 e. The van der Waals surface area contributed by atoms with Crippen molar-refractivity contribution in [2.45, 2.75) is 38.2 Å². The van der Waals surface area contributed by atoms with Crippen LogP contribution in [0.2, 0.25) is 0 Å². The lowest BCUT2D eigenvalue weighted by Crippen LogP contribution is -2.43. The van der Waals surface area contributed by atoms with Gasteiger partial charge in [0.15, 0.2) is 0 Å². The molecule has 142 valence electrons. The number of nitrogens with zero attached hydrogens (tertiary/aromatic N) is 2. The monoisotopic (exact) mass is 380 g/mol. The number of nitrogens with two attached hydrogens (primary N) is 1. The van der Waals surface area contributed by atoms with Crippen molar-refractivity contribution < 1.29 is 17.9 Å². The maximum atomic E-state index is 12.3. The molecule has 0 radical (unpaired) electrons. The number of amides is 1. The molecule has 0 aromatic rings. The second-order valence-corrected chi connectivity index (χ2v) is 8.74. The number of likely N-dealkylation sites (tertiary alicyclic amines) is 1. The van der Waals surface area contributed by atoms with E-state index in [2.05, 4.69) is 9.12 Å². The summed E-state index contributed by atoms with van der Waals surface area (Å²) in [4.78, 5) is 14.3. The van der Waals surface area contributed by atoms with Crippen LogP contribution in [-0.2, 0) is 19.7 Å². The van der Waals surface area contributed by atoms with Crippen LogP contribution in [0.1, 0.15) is 32.1 Å². The third-order valence-electron chi connectivity index (χ3n) is 5.27. The Hall–Kier alpha value is -1.87. The number of carbonyl (C=O) groups excluding carboxylic acids is 1. The smallest absolute Gasteiger partial charge is 0.344 e. The van der Waals surface area contributed by atoms with Crippen molar-refractivity contribution in [2.75, 3.05) is 19.7 Å². The summed E-state index contributed by atoms with van der Waals surface area (Å²) in [6.07, 6.45) is 7.93. The second-order valence-electron chi connectivity index (χ2n) is 7.41. The van der Waals surface area contributed by atoms with Crippen molar-refractivity contribution in [1.29, 1.82) is 0 Å². The zero-order valence-corrected chi connectivity index (χ0v) is 15.4. The van der Waals surface area contributed by atoms with Gasteiger partial charge in [0, 0.05) is 24.6 Å². The number of allylic oxidation sites excluding steroid dienone is 1. The molecule has 9 heteroatoms. The van der Waals surface area contributed by atoms with Gasteiger partial charge in [0.2, 0.25) is 5.91 Å². The van der Waals surface area contributed by atoms with Gasteiger partial charge in [0.1, 0.15) is 5.84 Å². The highest BCUT2D eigenvalue weighted by Crippen LogP contribution is 2.33. The normalized spacial score (nSPS) is 30.5. The van der Waals surface area contributed by atoms with E-state index in [0.29, 0.717) is 36.1 Å². The standard InChI is InChI=1S/C17H24N4O4S/c18-16-15-13(19-26(23,24)20-16)4-1-5-14(15)25-10-11-3-2-8-21(9-11)17(22)12-6-7-12/h1,4,11-12,14,19H,2-3,5-10H2,(H2,18,20)/t11-,14?/m0/s1. The fourth-order valence-electron chi connectivity index (χ4n) is 3.82. The first-order valence-corrected chi connectivity index (χ1v) is 10.6. The van der Waals surface area contributed by atoms with E-state index >= 15 is 0 Å². The van der Waals surface area contributed by atoms with Crippen molar-refractivity contribution >= 4 is 22.0 Å². The summed E-state index contributed by atoms with van der Waals surface area (Å²) < 4.78 is 35.4. The third-order valence-corrected chi connectivity index (χ3v) is 6.19. The Balaban J connectivity index is 1.39. The Bertz CT molecular complexity index is 798. The number of piperidine rings is 1. The highest BCUT2D eigenvalue weighted by Gasteiger charge is 2.36. The van der Waals surface area contributed by atoms with Gasteiger partial charge in [-0.05, 0) is 44.1 Å². The van der Waals surface area contributed by atoms with Gasteiger partial charge in [0.25, 0.3) is 0 Å². The van der Waals surface area contributed by atoms with Crippen molar-refractivity contribution in [3.8, 4) is 0 Å². The van der Waals surface area contributed by atoms with Gasteiger partial charge < -0.3 is 15.4 Å². The first-order chi connectivity index (χ1) is 12.4. The minimum absolute atomic E-state index is 0.0118. The summed E-state index contributed by atoms with van der Waals surface area (Å²) in [6.45, 7) is 2.10. The van der Waals surface area contributed by atoms with Crippen LogP contribution in [0.5, 0.6) is 0 Å². The fraction of sp³-hybridized carbons (Fsp3) is 0.647. The number of carbonyl (C=O) groups is 1. The predicted octanol–water partition coefficient (Wildman–Crippen LogP) is 0.439. The average molecular weight is 380 g/mol. The fourth-order valence-corrected chi connectivity index (χ4v) is 4.68. The number of nitrogens with one attached hydrogen (secondary N) is 1. The number of ether oxygens (including phenoxy) is 1. The van der Waals surface area contributed by atoms with Crippen molar-refractivity contribution in [3.05, 3.63) is 23.4 Å². The maximum absolute atomic E-state index is 12.3. The highest BCUT2D eigenvalue weighted by molar-refractivity contribution is 7.88. The lowest BCUT2D eigenvalue weighted by Gasteiger charge is -2.34. The van der Waals surface area contributed by atoms with Crippen molar-refractivity contribution in [2.24, 2.45) is 22.0 Å². The van der Waals surface area contributed by atoms with E-state index in [1.807, 2.05) is 11.0 Å². The van der Waals surface area contributed by atoms with E-state index in [9.17, 15) is 13.2 Å². The van der Waals surface area contributed by atoms with Crippen LogP contribution in [0, 0.1) is 11.8 Å². The molecule has 1 amide bonds. The molecule has 2 heterocycles. The van der Waals surface area contributed by atoms with E-state index in [1.165, 1.54) is 0 Å². The highest BCUT2D eigenvalue weighted by atomic mass is 32.2. The SMILES string of the molecule is NC1=NS(=O)(=O)NC2=C1C(OC[C@H]1CCCN(C(=O)C3CC3)C1)CC=C2. The zero-order chi connectivity index (χ0) is 18.3. The van der Waals surface area contributed by atoms with Crippen LogP contribution in [0.4, 0.5) is 0 Å². The molecule has 0 aromatic carbocycles. The Labute approximate surface area is 153 Å². The van der Waals surface area contributed by atoms with Crippen molar-refractivity contribution in [3.63, 3.8) is 0 Å². The lowest BCUT2D eigenvalue weighted by molar-refractivity contribution is -0.135. The van der Waals surface area contributed by atoms with Crippen LogP contribution in [0.25, 0.3) is 0 Å². The van der Waals surface area contributed by atoms with E-state index in [1.54, 1.807) is 6.08 Å². The van der Waals surface area contributed by atoms with Gasteiger partial charge in [-0.25, -0.2) is 0 Å². The molecular weight excluding hydrogens is 356 g/mol. The second kappa shape index (κ2) is 6.70. The van der Waals surface area contributed by atoms with Gasteiger partial charge in [-0.15, -0.1) is 4.40 Å². The molecule has 0 aromatic heterocycles. The molecule has 0 spiro atoms. The van der Waals surface area contributed by atoms with Gasteiger partial charge in [-0.3, -0.25) is 9.52 Å². The molecule has 1 unspecified atom stereocenters. The molecule has 2 fully saturated rings. The van der Waals surface area contributed by atoms with E-state index in [0.717, 1.165) is 38.8 Å². The molecule has 2 aliphatic carbocycles. The molecule has 8 nitrogen and oxygen atoms in total. The predicted molar refractivity (Wildman–Crippen MR) is 96.2 cm³/mol. The molecule has 1 saturated carbocycles. The first-order valence-electron chi connectivity index (χ1n) is 9.12. The van der Waals surface area contributed by atoms with Crippen LogP contribution in [-0.4, -0.2) is 50.9 Å². The minimum atomic E-state index is -3.78. The Morgan fingerprint density at radius 1 is 1.38 bits per heavy atom. The summed E-state index contributed by atoms with van der Waals surface area (Å²) in [5.41, 5.74) is 6.91. The quantitative estimate of drug-likeness (QED) is 0.734. The molecule has 4 aliphatic rings. The van der Waals surface area contributed by atoms with Gasteiger partial charge in [-0.2, -0.15) is 8.42 Å². The van der Waals surface area contributed by atoms with E-state index < -0.39 is 10.2 Å². The summed E-state index contributed by atoms with van der Waals surface area (Å²) in [5, 5.41) is 0. The Morgan fingerprint density at radius 2 is 2.19 bits per heavy atom. The lowest BCUT2D eigenvalue weighted by atomic mass is 9.96. The van der Waals surface area contributed by atoms with E-state index in [4.69, 9.17) is 10.5 Å². The third kappa shape index (κ3) is 3.64. The average Bonchev–Trinajstić information content (AvgIpc) is 3.43. The largest absolute Gasteiger partial charge is 0.383 e. The van der Waals surface area contributed by atoms with Gasteiger partial charge in [-0.1, -0.05) is 6.08 Å². The number of amidine groups is 1. The molecule has 2 atom stereocenters. The number of hydrogen-bond acceptors (Lipinski definition) is 5.